The molecule has 5 heteroatoms. The second-order valence-corrected chi connectivity index (χ2v) is 6.92. The molecule has 5 nitrogen and oxygen atoms in total. The summed E-state index contributed by atoms with van der Waals surface area (Å²) in [5.41, 5.74) is 3.45. The molecule has 138 valence electrons. The lowest BCUT2D eigenvalue weighted by Gasteiger charge is -2.38. The fraction of sp³-hybridized carbons (Fsp3) is 0.381. The van der Waals surface area contributed by atoms with Gasteiger partial charge in [-0.3, -0.25) is 9.69 Å². The molecule has 2 aromatic rings. The number of carbonyl (C=O) groups excluding carboxylic acids is 1. The van der Waals surface area contributed by atoms with E-state index in [-0.39, 0.29) is 17.7 Å². The Balaban J connectivity index is 1.48. The number of anilines is 1. The van der Waals surface area contributed by atoms with Gasteiger partial charge in [-0.1, -0.05) is 29.8 Å². The molecular formula is C21H27N3O2. The topological polar surface area (TPSA) is 55.8 Å². The van der Waals surface area contributed by atoms with E-state index < -0.39 is 0 Å². The van der Waals surface area contributed by atoms with Gasteiger partial charge >= 0.3 is 0 Å². The number of nitrogens with zero attached hydrogens (tertiary/aromatic N) is 2. The van der Waals surface area contributed by atoms with Crippen LogP contribution in [0.15, 0.2) is 48.5 Å². The average Bonchev–Trinajstić information content (AvgIpc) is 2.67. The number of nitrogens with one attached hydrogen (secondary N) is 1. The molecule has 0 bridgehead atoms. The van der Waals surface area contributed by atoms with Crippen LogP contribution in [0.25, 0.3) is 0 Å². The van der Waals surface area contributed by atoms with Gasteiger partial charge in [-0.15, -0.1) is 0 Å². The number of carbonyl (C=O) groups is 1. The first kappa shape index (κ1) is 18.3. The van der Waals surface area contributed by atoms with Crippen LogP contribution >= 0.6 is 0 Å². The first-order valence-corrected chi connectivity index (χ1v) is 9.14. The van der Waals surface area contributed by atoms with Crippen LogP contribution in [0.5, 0.6) is 5.75 Å². The molecule has 1 heterocycles. The summed E-state index contributed by atoms with van der Waals surface area (Å²) in [6.07, 6.45) is 0. The fourth-order valence-electron chi connectivity index (χ4n) is 3.24. The van der Waals surface area contributed by atoms with Gasteiger partial charge in [-0.2, -0.15) is 0 Å². The van der Waals surface area contributed by atoms with Crippen LogP contribution in [0.4, 0.5) is 5.69 Å². The summed E-state index contributed by atoms with van der Waals surface area (Å²) in [7, 11) is 0. The molecule has 0 saturated carbocycles. The number of phenols is 1. The Morgan fingerprint density at radius 2 is 1.65 bits per heavy atom. The molecule has 1 fully saturated rings. The Labute approximate surface area is 155 Å². The van der Waals surface area contributed by atoms with Crippen LogP contribution in [-0.4, -0.2) is 48.1 Å². The van der Waals surface area contributed by atoms with Crippen LogP contribution in [0.2, 0.25) is 0 Å². The van der Waals surface area contributed by atoms with E-state index in [1.165, 1.54) is 5.56 Å². The molecule has 0 spiro atoms. The first-order valence-electron chi connectivity index (χ1n) is 9.14. The highest BCUT2D eigenvalue weighted by molar-refractivity contribution is 5.81. The highest BCUT2D eigenvalue weighted by Crippen LogP contribution is 2.20. The lowest BCUT2D eigenvalue weighted by atomic mass is 10.1. The molecule has 2 N–H and O–H groups in total. The van der Waals surface area contributed by atoms with Crippen LogP contribution in [0, 0.1) is 6.92 Å². The Morgan fingerprint density at radius 3 is 2.27 bits per heavy atom. The predicted molar refractivity (Wildman–Crippen MR) is 104 cm³/mol. The number of piperazine rings is 1. The first-order chi connectivity index (χ1) is 12.5. The van der Waals surface area contributed by atoms with Gasteiger partial charge in [0.05, 0.1) is 6.04 Å². The molecule has 1 amide bonds. The molecule has 0 aromatic heterocycles. The van der Waals surface area contributed by atoms with Crippen LogP contribution < -0.4 is 10.2 Å². The van der Waals surface area contributed by atoms with Crippen LogP contribution in [0.3, 0.4) is 0 Å². The summed E-state index contributed by atoms with van der Waals surface area (Å²) in [6.45, 7) is 8.04. The number of amides is 1. The van der Waals surface area contributed by atoms with Crippen molar-refractivity contribution >= 4 is 11.6 Å². The molecule has 3 rings (SSSR count). The van der Waals surface area contributed by atoms with Crippen molar-refractivity contribution in [2.45, 2.75) is 26.4 Å². The van der Waals surface area contributed by atoms with Crippen molar-refractivity contribution < 1.29 is 9.90 Å². The smallest absolute Gasteiger partial charge is 0.237 e. The second-order valence-electron chi connectivity index (χ2n) is 6.92. The van der Waals surface area contributed by atoms with E-state index in [2.05, 4.69) is 46.3 Å². The zero-order valence-electron chi connectivity index (χ0n) is 15.5. The fourth-order valence-corrected chi connectivity index (χ4v) is 3.24. The summed E-state index contributed by atoms with van der Waals surface area (Å²) >= 11 is 0. The minimum absolute atomic E-state index is 0.0728. The van der Waals surface area contributed by atoms with Crippen LogP contribution in [-0.2, 0) is 11.3 Å². The largest absolute Gasteiger partial charge is 0.508 e. The Kier molecular flexibility index (Phi) is 5.78. The van der Waals surface area contributed by atoms with Gasteiger partial charge in [-0.05, 0) is 43.7 Å². The molecular weight excluding hydrogens is 326 g/mol. The number of aryl methyl sites for hydroxylation is 1. The molecule has 26 heavy (non-hydrogen) atoms. The normalized spacial score (nSPS) is 16.3. The maximum absolute atomic E-state index is 12.5. The number of rotatable bonds is 5. The zero-order valence-corrected chi connectivity index (χ0v) is 15.5. The van der Waals surface area contributed by atoms with Gasteiger partial charge in [0.15, 0.2) is 0 Å². The van der Waals surface area contributed by atoms with Crippen molar-refractivity contribution in [1.29, 1.82) is 0 Å². The summed E-state index contributed by atoms with van der Waals surface area (Å²) in [5.74, 6) is 0.356. The SMILES string of the molecule is Cc1ccc(CNC(=O)[C@@H](C)N2CCN(c3ccc(O)cc3)CC2)cc1. The van der Waals surface area contributed by atoms with Crippen molar-refractivity contribution in [3.8, 4) is 5.75 Å². The van der Waals surface area contributed by atoms with E-state index in [9.17, 15) is 9.90 Å². The minimum atomic E-state index is -0.137. The van der Waals surface area contributed by atoms with Gasteiger partial charge < -0.3 is 15.3 Å². The molecule has 1 aliphatic heterocycles. The van der Waals surface area contributed by atoms with Gasteiger partial charge in [0.2, 0.25) is 5.91 Å². The summed E-state index contributed by atoms with van der Waals surface area (Å²) in [6, 6.07) is 15.4. The van der Waals surface area contributed by atoms with E-state index in [1.54, 1.807) is 12.1 Å². The third-order valence-corrected chi connectivity index (χ3v) is 5.04. The minimum Gasteiger partial charge on any atom is -0.508 e. The van der Waals surface area contributed by atoms with Crippen molar-refractivity contribution in [1.82, 2.24) is 10.2 Å². The van der Waals surface area contributed by atoms with Crippen molar-refractivity contribution in [2.24, 2.45) is 0 Å². The van der Waals surface area contributed by atoms with E-state index in [4.69, 9.17) is 0 Å². The van der Waals surface area contributed by atoms with Gasteiger partial charge in [-0.25, -0.2) is 0 Å². The van der Waals surface area contributed by atoms with Gasteiger partial charge in [0, 0.05) is 38.4 Å². The number of hydrogen-bond donors (Lipinski definition) is 2. The zero-order chi connectivity index (χ0) is 18.5. The molecule has 1 atom stereocenters. The number of phenolic OH excluding ortho intramolecular Hbond substituents is 1. The van der Waals surface area contributed by atoms with Crippen molar-refractivity contribution in [2.75, 3.05) is 31.1 Å². The van der Waals surface area contributed by atoms with Crippen molar-refractivity contribution in [3.63, 3.8) is 0 Å². The van der Waals surface area contributed by atoms with E-state index in [0.717, 1.165) is 37.4 Å². The van der Waals surface area contributed by atoms with Gasteiger partial charge in [0.25, 0.3) is 0 Å². The van der Waals surface area contributed by atoms with Gasteiger partial charge in [0.1, 0.15) is 5.75 Å². The predicted octanol–water partition coefficient (Wildman–Crippen LogP) is 2.53. The number of hydrogen-bond acceptors (Lipinski definition) is 4. The third kappa shape index (κ3) is 4.55. The average molecular weight is 353 g/mol. The van der Waals surface area contributed by atoms with E-state index in [1.807, 2.05) is 19.1 Å². The molecule has 0 unspecified atom stereocenters. The molecule has 1 aliphatic rings. The van der Waals surface area contributed by atoms with Crippen LogP contribution in [0.1, 0.15) is 18.1 Å². The Bertz CT molecular complexity index is 720. The Hall–Kier alpha value is -2.53. The highest BCUT2D eigenvalue weighted by atomic mass is 16.3. The monoisotopic (exact) mass is 353 g/mol. The summed E-state index contributed by atoms with van der Waals surface area (Å²) < 4.78 is 0. The maximum atomic E-state index is 12.5. The van der Waals surface area contributed by atoms with E-state index in [0.29, 0.717) is 6.54 Å². The molecule has 0 aliphatic carbocycles. The summed E-state index contributed by atoms with van der Waals surface area (Å²) in [5, 5.41) is 12.4. The number of benzene rings is 2. The molecule has 2 aromatic carbocycles. The maximum Gasteiger partial charge on any atom is 0.237 e. The lowest BCUT2D eigenvalue weighted by Crippen LogP contribution is -2.53. The lowest BCUT2D eigenvalue weighted by molar-refractivity contribution is -0.126. The highest BCUT2D eigenvalue weighted by Gasteiger charge is 2.25. The summed E-state index contributed by atoms with van der Waals surface area (Å²) in [4.78, 5) is 17.0. The standard InChI is InChI=1S/C21H27N3O2/c1-16-3-5-18(6-4-16)15-22-21(26)17(2)23-11-13-24(14-12-23)19-7-9-20(25)10-8-19/h3-10,17,25H,11-15H2,1-2H3,(H,22,26)/t17-/m1/s1. The molecule has 1 saturated heterocycles. The molecule has 0 radical (unpaired) electrons. The third-order valence-electron chi connectivity index (χ3n) is 5.04. The van der Waals surface area contributed by atoms with E-state index >= 15 is 0 Å². The second kappa shape index (κ2) is 8.23. The quantitative estimate of drug-likeness (QED) is 0.867. The Morgan fingerprint density at radius 1 is 1.04 bits per heavy atom. The number of aromatic hydroxyl groups is 1. The van der Waals surface area contributed by atoms with Crippen molar-refractivity contribution in [3.05, 3.63) is 59.7 Å².